The van der Waals surface area contributed by atoms with Crippen LogP contribution in [-0.2, 0) is 0 Å². The summed E-state index contributed by atoms with van der Waals surface area (Å²) in [6.07, 6.45) is 8.27. The highest BCUT2D eigenvalue weighted by molar-refractivity contribution is 5.26. The van der Waals surface area contributed by atoms with Gasteiger partial charge in [0.2, 0.25) is 0 Å². The van der Waals surface area contributed by atoms with E-state index >= 15 is 0 Å². The lowest BCUT2D eigenvalue weighted by Gasteiger charge is -2.18. The molecule has 1 aliphatic carbocycles. The molecule has 1 nitrogen and oxygen atoms in total. The molecule has 1 heteroatoms. The molecule has 0 saturated heterocycles. The topological polar surface area (TPSA) is 12.0 Å². The van der Waals surface area contributed by atoms with Crippen LogP contribution in [0.4, 0.5) is 0 Å². The fourth-order valence-corrected chi connectivity index (χ4v) is 3.26. The van der Waals surface area contributed by atoms with Gasteiger partial charge in [-0.05, 0) is 36.8 Å². The molecule has 0 aliphatic heterocycles. The standard InChI is InChI=1S/C18H29N/c1-3-5-6-10-13-18(19-4-2)17-14-16(17)15-11-8-7-9-12-15/h7-9,11-12,16-19H,3-6,10,13-14H2,1-2H3. The predicted octanol–water partition coefficient (Wildman–Crippen LogP) is 4.74. The summed E-state index contributed by atoms with van der Waals surface area (Å²) >= 11 is 0. The summed E-state index contributed by atoms with van der Waals surface area (Å²) in [6, 6.07) is 11.8. The third-order valence-corrected chi connectivity index (χ3v) is 4.42. The molecule has 1 aromatic carbocycles. The molecular weight excluding hydrogens is 230 g/mol. The number of unbranched alkanes of at least 4 members (excludes halogenated alkanes) is 3. The van der Waals surface area contributed by atoms with Gasteiger partial charge in [0.25, 0.3) is 0 Å². The van der Waals surface area contributed by atoms with Crippen LogP contribution in [-0.4, -0.2) is 12.6 Å². The van der Waals surface area contributed by atoms with E-state index in [2.05, 4.69) is 49.5 Å². The number of nitrogens with one attached hydrogen (secondary N) is 1. The lowest BCUT2D eigenvalue weighted by molar-refractivity contribution is 0.419. The van der Waals surface area contributed by atoms with Crippen molar-refractivity contribution in [3.05, 3.63) is 35.9 Å². The van der Waals surface area contributed by atoms with Crippen molar-refractivity contribution >= 4 is 0 Å². The van der Waals surface area contributed by atoms with Crippen LogP contribution in [0, 0.1) is 5.92 Å². The van der Waals surface area contributed by atoms with E-state index in [0.29, 0.717) is 0 Å². The van der Waals surface area contributed by atoms with E-state index < -0.39 is 0 Å². The minimum absolute atomic E-state index is 0.743. The van der Waals surface area contributed by atoms with Crippen LogP contribution in [0.25, 0.3) is 0 Å². The fraction of sp³-hybridized carbons (Fsp3) is 0.667. The van der Waals surface area contributed by atoms with E-state index in [4.69, 9.17) is 0 Å². The smallest absolute Gasteiger partial charge is 0.0101 e. The molecule has 0 aromatic heterocycles. The van der Waals surface area contributed by atoms with Gasteiger partial charge in [0.05, 0.1) is 0 Å². The van der Waals surface area contributed by atoms with Gasteiger partial charge >= 0.3 is 0 Å². The summed E-state index contributed by atoms with van der Waals surface area (Å²) in [4.78, 5) is 0. The first kappa shape index (κ1) is 14.6. The molecule has 1 N–H and O–H groups in total. The van der Waals surface area contributed by atoms with Crippen LogP contribution in [0.15, 0.2) is 30.3 Å². The molecule has 0 heterocycles. The van der Waals surface area contributed by atoms with Crippen molar-refractivity contribution < 1.29 is 0 Å². The Bertz CT molecular complexity index is 346. The Hall–Kier alpha value is -0.820. The first-order chi connectivity index (χ1) is 9.36. The van der Waals surface area contributed by atoms with Gasteiger partial charge in [0, 0.05) is 6.04 Å². The maximum Gasteiger partial charge on any atom is 0.0101 e. The molecule has 1 saturated carbocycles. The van der Waals surface area contributed by atoms with Gasteiger partial charge in [0.1, 0.15) is 0 Å². The van der Waals surface area contributed by atoms with Crippen molar-refractivity contribution in [3.8, 4) is 0 Å². The normalized spacial score (nSPS) is 23.3. The van der Waals surface area contributed by atoms with E-state index in [9.17, 15) is 0 Å². The largest absolute Gasteiger partial charge is 0.314 e. The molecule has 19 heavy (non-hydrogen) atoms. The lowest BCUT2D eigenvalue weighted by atomic mass is 10.00. The monoisotopic (exact) mass is 259 g/mol. The van der Waals surface area contributed by atoms with Gasteiger partial charge in [-0.2, -0.15) is 0 Å². The van der Waals surface area contributed by atoms with Crippen LogP contribution < -0.4 is 5.32 Å². The van der Waals surface area contributed by atoms with Crippen LogP contribution in [0.3, 0.4) is 0 Å². The molecule has 3 unspecified atom stereocenters. The number of hydrogen-bond donors (Lipinski definition) is 1. The second-order valence-electron chi connectivity index (χ2n) is 5.93. The van der Waals surface area contributed by atoms with Gasteiger partial charge in [-0.25, -0.2) is 0 Å². The first-order valence-corrected chi connectivity index (χ1v) is 8.15. The maximum absolute atomic E-state index is 3.72. The number of rotatable bonds is 9. The zero-order chi connectivity index (χ0) is 13.5. The van der Waals surface area contributed by atoms with E-state index in [1.54, 1.807) is 5.56 Å². The minimum Gasteiger partial charge on any atom is -0.314 e. The zero-order valence-corrected chi connectivity index (χ0v) is 12.6. The van der Waals surface area contributed by atoms with E-state index in [1.807, 2.05) is 0 Å². The third-order valence-electron chi connectivity index (χ3n) is 4.42. The summed E-state index contributed by atoms with van der Waals surface area (Å²) in [5.74, 6) is 1.69. The highest BCUT2D eigenvalue weighted by atomic mass is 14.9. The average Bonchev–Trinajstić information content (AvgIpc) is 3.24. The summed E-state index contributed by atoms with van der Waals surface area (Å²) in [5, 5.41) is 3.72. The molecule has 1 aromatic rings. The van der Waals surface area contributed by atoms with E-state index in [0.717, 1.165) is 24.4 Å². The Morgan fingerprint density at radius 3 is 2.58 bits per heavy atom. The maximum atomic E-state index is 3.72. The predicted molar refractivity (Wildman–Crippen MR) is 83.5 cm³/mol. The van der Waals surface area contributed by atoms with Crippen molar-refractivity contribution in [2.45, 2.75) is 64.3 Å². The Kier molecular flexibility index (Phi) is 5.91. The minimum atomic E-state index is 0.743. The van der Waals surface area contributed by atoms with Gasteiger partial charge in [-0.1, -0.05) is 69.9 Å². The molecule has 0 bridgehead atoms. The lowest BCUT2D eigenvalue weighted by Crippen LogP contribution is -2.31. The second-order valence-corrected chi connectivity index (χ2v) is 5.93. The van der Waals surface area contributed by atoms with Crippen molar-refractivity contribution in [3.63, 3.8) is 0 Å². The Morgan fingerprint density at radius 1 is 1.11 bits per heavy atom. The molecule has 1 fully saturated rings. The highest BCUT2D eigenvalue weighted by Gasteiger charge is 2.42. The van der Waals surface area contributed by atoms with Crippen LogP contribution >= 0.6 is 0 Å². The molecule has 1 aliphatic rings. The molecule has 106 valence electrons. The van der Waals surface area contributed by atoms with Crippen LogP contribution in [0.1, 0.15) is 63.9 Å². The Labute approximate surface area is 118 Å². The zero-order valence-electron chi connectivity index (χ0n) is 12.6. The summed E-state index contributed by atoms with van der Waals surface area (Å²) in [7, 11) is 0. The van der Waals surface area contributed by atoms with Gasteiger partial charge < -0.3 is 5.32 Å². The summed E-state index contributed by atoms with van der Waals surface area (Å²) in [6.45, 7) is 5.63. The molecule has 0 amide bonds. The molecule has 0 spiro atoms. The molecule has 0 radical (unpaired) electrons. The highest BCUT2D eigenvalue weighted by Crippen LogP contribution is 2.50. The average molecular weight is 259 g/mol. The van der Waals surface area contributed by atoms with Crippen molar-refractivity contribution in [2.75, 3.05) is 6.54 Å². The quantitative estimate of drug-likeness (QED) is 0.632. The van der Waals surface area contributed by atoms with Crippen LogP contribution in [0.5, 0.6) is 0 Å². The second kappa shape index (κ2) is 7.69. The first-order valence-electron chi connectivity index (χ1n) is 8.15. The van der Waals surface area contributed by atoms with Gasteiger partial charge in [-0.3, -0.25) is 0 Å². The van der Waals surface area contributed by atoms with E-state index in [1.165, 1.54) is 38.5 Å². The Balaban J connectivity index is 1.80. The molecule has 2 rings (SSSR count). The molecular formula is C18H29N. The van der Waals surface area contributed by atoms with Crippen molar-refractivity contribution in [2.24, 2.45) is 5.92 Å². The number of benzene rings is 1. The number of hydrogen-bond acceptors (Lipinski definition) is 1. The van der Waals surface area contributed by atoms with Crippen LogP contribution in [0.2, 0.25) is 0 Å². The Morgan fingerprint density at radius 2 is 1.89 bits per heavy atom. The summed E-state index contributed by atoms with van der Waals surface area (Å²) in [5.41, 5.74) is 1.55. The van der Waals surface area contributed by atoms with Gasteiger partial charge in [0.15, 0.2) is 0 Å². The molecule has 3 atom stereocenters. The SMILES string of the molecule is CCCCCCC(NCC)C1CC1c1ccccc1. The fourth-order valence-electron chi connectivity index (χ4n) is 3.26. The summed E-state index contributed by atoms with van der Waals surface area (Å²) < 4.78 is 0. The third kappa shape index (κ3) is 4.35. The van der Waals surface area contributed by atoms with Crippen molar-refractivity contribution in [1.29, 1.82) is 0 Å². The van der Waals surface area contributed by atoms with Crippen molar-refractivity contribution in [1.82, 2.24) is 5.32 Å². The van der Waals surface area contributed by atoms with Gasteiger partial charge in [-0.15, -0.1) is 0 Å². The van der Waals surface area contributed by atoms with E-state index in [-0.39, 0.29) is 0 Å².